The molecule has 0 aliphatic heterocycles. The predicted molar refractivity (Wildman–Crippen MR) is 48.1 cm³/mol. The molecular weight excluding hydrogens is 148 g/mol. The van der Waals surface area contributed by atoms with Gasteiger partial charge < -0.3 is 0 Å². The molecule has 0 saturated heterocycles. The number of pyridine rings is 1. The van der Waals surface area contributed by atoms with Gasteiger partial charge in [0.2, 0.25) is 0 Å². The Morgan fingerprint density at radius 2 is 2.25 bits per heavy atom. The monoisotopic (exact) mass is 158 g/mol. The van der Waals surface area contributed by atoms with Crippen molar-refractivity contribution in [3.63, 3.8) is 0 Å². The van der Waals surface area contributed by atoms with E-state index in [2.05, 4.69) is 11.1 Å². The van der Waals surface area contributed by atoms with Crippen LogP contribution in [0.5, 0.6) is 0 Å². The molecule has 60 valence electrons. The van der Waals surface area contributed by atoms with Crippen LogP contribution in [0, 0.1) is 11.3 Å². The lowest BCUT2D eigenvalue weighted by atomic mass is 10.1. The Labute approximate surface area is 72.2 Å². The van der Waals surface area contributed by atoms with Gasteiger partial charge in [-0.3, -0.25) is 4.98 Å². The first kappa shape index (κ1) is 8.48. The molecule has 0 saturated carbocycles. The maximum absolute atomic E-state index is 8.64. The van der Waals surface area contributed by atoms with Crippen LogP contribution in [0.25, 0.3) is 5.57 Å². The smallest absolute Gasteiger partial charge is 0.0947 e. The van der Waals surface area contributed by atoms with Crippen molar-refractivity contribution >= 4 is 5.57 Å². The number of hydrogen-bond donors (Lipinski definition) is 0. The van der Waals surface area contributed by atoms with Gasteiger partial charge in [0, 0.05) is 18.0 Å². The average molecular weight is 158 g/mol. The van der Waals surface area contributed by atoms with E-state index in [1.807, 2.05) is 26.0 Å². The minimum Gasteiger partial charge on any atom is -0.264 e. The predicted octanol–water partition coefficient (Wildman–Crippen LogP) is 2.40. The zero-order chi connectivity index (χ0) is 8.97. The standard InChI is InChI=1S/C10H10N2/c1-8(6-11)9(2)10-4-3-5-12-7-10/h3-5,7H,1-2H3. The molecule has 0 bridgehead atoms. The maximum Gasteiger partial charge on any atom is 0.0947 e. The van der Waals surface area contributed by atoms with E-state index in [0.29, 0.717) is 0 Å². The second-order valence-electron chi connectivity index (χ2n) is 2.60. The molecule has 1 heterocycles. The van der Waals surface area contributed by atoms with E-state index in [0.717, 1.165) is 16.7 Å². The Kier molecular flexibility index (Phi) is 2.60. The summed E-state index contributed by atoms with van der Waals surface area (Å²) in [6.07, 6.45) is 3.48. The maximum atomic E-state index is 8.64. The summed E-state index contributed by atoms with van der Waals surface area (Å²) in [5, 5.41) is 8.64. The Morgan fingerprint density at radius 3 is 2.75 bits per heavy atom. The van der Waals surface area contributed by atoms with Gasteiger partial charge in [-0.05, 0) is 31.1 Å². The SMILES string of the molecule is CC(C#N)=C(C)c1cccnc1. The highest BCUT2D eigenvalue weighted by Gasteiger charge is 1.98. The summed E-state index contributed by atoms with van der Waals surface area (Å²) >= 11 is 0. The fourth-order valence-corrected chi connectivity index (χ4v) is 0.885. The third-order valence-corrected chi connectivity index (χ3v) is 1.82. The van der Waals surface area contributed by atoms with E-state index in [1.54, 1.807) is 12.4 Å². The Morgan fingerprint density at radius 1 is 1.50 bits per heavy atom. The molecule has 2 heteroatoms. The largest absolute Gasteiger partial charge is 0.264 e. The normalized spacial score (nSPS) is 11.8. The van der Waals surface area contributed by atoms with E-state index in [-0.39, 0.29) is 0 Å². The summed E-state index contributed by atoms with van der Waals surface area (Å²) in [4.78, 5) is 3.98. The summed E-state index contributed by atoms with van der Waals surface area (Å²) in [6, 6.07) is 5.93. The molecule has 12 heavy (non-hydrogen) atoms. The van der Waals surface area contributed by atoms with Gasteiger partial charge in [-0.1, -0.05) is 6.07 Å². The molecule has 2 nitrogen and oxygen atoms in total. The topological polar surface area (TPSA) is 36.7 Å². The van der Waals surface area contributed by atoms with Gasteiger partial charge >= 0.3 is 0 Å². The number of aromatic nitrogens is 1. The van der Waals surface area contributed by atoms with Crippen molar-refractivity contribution in [1.29, 1.82) is 5.26 Å². The minimum absolute atomic E-state index is 0.739. The van der Waals surface area contributed by atoms with E-state index < -0.39 is 0 Å². The van der Waals surface area contributed by atoms with Crippen molar-refractivity contribution in [3.05, 3.63) is 35.7 Å². The summed E-state index contributed by atoms with van der Waals surface area (Å²) in [7, 11) is 0. The van der Waals surface area contributed by atoms with Gasteiger partial charge in [0.1, 0.15) is 0 Å². The van der Waals surface area contributed by atoms with Crippen molar-refractivity contribution in [2.45, 2.75) is 13.8 Å². The molecule has 0 atom stereocenters. The van der Waals surface area contributed by atoms with Gasteiger partial charge in [-0.25, -0.2) is 0 Å². The van der Waals surface area contributed by atoms with E-state index in [9.17, 15) is 0 Å². The van der Waals surface area contributed by atoms with Crippen LogP contribution in [-0.4, -0.2) is 4.98 Å². The van der Waals surface area contributed by atoms with Crippen molar-refractivity contribution in [2.24, 2.45) is 0 Å². The molecule has 0 fully saturated rings. The van der Waals surface area contributed by atoms with E-state index >= 15 is 0 Å². The first-order chi connectivity index (χ1) is 5.75. The highest BCUT2D eigenvalue weighted by molar-refractivity contribution is 5.68. The molecule has 0 radical (unpaired) electrons. The number of nitrogens with zero attached hydrogens (tertiary/aromatic N) is 2. The molecule has 0 N–H and O–H groups in total. The highest BCUT2D eigenvalue weighted by atomic mass is 14.6. The number of nitriles is 1. The highest BCUT2D eigenvalue weighted by Crippen LogP contribution is 2.15. The van der Waals surface area contributed by atoms with Gasteiger partial charge in [0.15, 0.2) is 0 Å². The Hall–Kier alpha value is -1.62. The van der Waals surface area contributed by atoms with Crippen LogP contribution in [0.2, 0.25) is 0 Å². The van der Waals surface area contributed by atoms with Gasteiger partial charge in [-0.2, -0.15) is 5.26 Å². The van der Waals surface area contributed by atoms with Crippen LogP contribution >= 0.6 is 0 Å². The second kappa shape index (κ2) is 3.68. The fraction of sp³-hybridized carbons (Fsp3) is 0.200. The van der Waals surface area contributed by atoms with Gasteiger partial charge in [0.05, 0.1) is 6.07 Å². The Bertz CT molecular complexity index is 331. The number of rotatable bonds is 1. The second-order valence-corrected chi connectivity index (χ2v) is 2.60. The van der Waals surface area contributed by atoms with Crippen LogP contribution in [0.3, 0.4) is 0 Å². The van der Waals surface area contributed by atoms with Crippen LogP contribution < -0.4 is 0 Å². The molecule has 0 unspecified atom stereocenters. The van der Waals surface area contributed by atoms with E-state index in [4.69, 9.17) is 5.26 Å². The molecule has 1 aromatic rings. The van der Waals surface area contributed by atoms with Crippen molar-refractivity contribution < 1.29 is 0 Å². The molecule has 0 spiro atoms. The van der Waals surface area contributed by atoms with Gasteiger partial charge in [0.25, 0.3) is 0 Å². The molecule has 0 amide bonds. The van der Waals surface area contributed by atoms with E-state index in [1.165, 1.54) is 0 Å². The first-order valence-corrected chi connectivity index (χ1v) is 3.73. The van der Waals surface area contributed by atoms with Crippen LogP contribution in [0.4, 0.5) is 0 Å². The van der Waals surface area contributed by atoms with Crippen molar-refractivity contribution in [3.8, 4) is 6.07 Å². The van der Waals surface area contributed by atoms with Gasteiger partial charge in [-0.15, -0.1) is 0 Å². The summed E-state index contributed by atoms with van der Waals surface area (Å²) < 4.78 is 0. The summed E-state index contributed by atoms with van der Waals surface area (Å²) in [6.45, 7) is 3.73. The number of allylic oxidation sites excluding steroid dienone is 2. The summed E-state index contributed by atoms with van der Waals surface area (Å²) in [5.41, 5.74) is 2.74. The van der Waals surface area contributed by atoms with Crippen LogP contribution in [0.1, 0.15) is 19.4 Å². The average Bonchev–Trinajstić information content (AvgIpc) is 2.17. The number of hydrogen-bond acceptors (Lipinski definition) is 2. The minimum atomic E-state index is 0.739. The third kappa shape index (κ3) is 1.70. The molecule has 1 aromatic heterocycles. The van der Waals surface area contributed by atoms with Crippen LogP contribution in [0.15, 0.2) is 30.1 Å². The summed E-state index contributed by atoms with van der Waals surface area (Å²) in [5.74, 6) is 0. The third-order valence-electron chi connectivity index (χ3n) is 1.82. The lowest BCUT2D eigenvalue weighted by molar-refractivity contribution is 1.30. The Balaban J connectivity index is 3.11. The zero-order valence-electron chi connectivity index (χ0n) is 7.20. The van der Waals surface area contributed by atoms with Crippen molar-refractivity contribution in [1.82, 2.24) is 4.98 Å². The molecule has 0 aliphatic carbocycles. The lowest BCUT2D eigenvalue weighted by Gasteiger charge is -1.99. The van der Waals surface area contributed by atoms with Crippen molar-refractivity contribution in [2.75, 3.05) is 0 Å². The van der Waals surface area contributed by atoms with Crippen LogP contribution in [-0.2, 0) is 0 Å². The quantitative estimate of drug-likeness (QED) is 0.588. The molecule has 0 aromatic carbocycles. The fourth-order valence-electron chi connectivity index (χ4n) is 0.885. The lowest BCUT2D eigenvalue weighted by Crippen LogP contribution is -1.83. The molecule has 0 aliphatic rings. The first-order valence-electron chi connectivity index (χ1n) is 3.73. The molecular formula is C10H10N2. The zero-order valence-corrected chi connectivity index (χ0v) is 7.20. The molecule has 1 rings (SSSR count).